The van der Waals surface area contributed by atoms with Gasteiger partial charge in [-0.15, -0.1) is 0 Å². The van der Waals surface area contributed by atoms with Gasteiger partial charge in [0.25, 0.3) is 0 Å². The van der Waals surface area contributed by atoms with Crippen LogP contribution in [0, 0.1) is 11.3 Å². The minimum absolute atomic E-state index is 0.117. The fraction of sp³-hybridized carbons (Fsp3) is 0.448. The Kier molecular flexibility index (Phi) is 5.21. The lowest BCUT2D eigenvalue weighted by Gasteiger charge is -2.37. The van der Waals surface area contributed by atoms with Gasteiger partial charge in [-0.2, -0.15) is 5.26 Å². The van der Waals surface area contributed by atoms with E-state index in [9.17, 15) is 10.1 Å². The molecule has 0 atom stereocenters. The van der Waals surface area contributed by atoms with Gasteiger partial charge in [-0.25, -0.2) is 0 Å². The number of carbonyl (C=O) groups is 1. The second-order valence-corrected chi connectivity index (χ2v) is 10.5. The molecule has 0 N–H and O–H groups in total. The van der Waals surface area contributed by atoms with E-state index in [1.54, 1.807) is 7.11 Å². The van der Waals surface area contributed by atoms with Gasteiger partial charge in [-0.1, -0.05) is 19.9 Å². The molecule has 170 valence electrons. The molecule has 4 heteroatoms. The van der Waals surface area contributed by atoms with E-state index in [1.807, 2.05) is 18.2 Å². The number of Topliss-reactive ketones (excluding diaryl/α,β-unsaturated/α-hetero) is 1. The Morgan fingerprint density at radius 1 is 1.12 bits per heavy atom. The zero-order valence-corrected chi connectivity index (χ0v) is 20.3. The standard InChI is InChI=1S/C29H32N2O2/c1-17(2)31-10-8-19(9-11-31)22-14-23-24(15-26(22)33-5)29(3,4)25-13-20-12-18(16-30)6-7-21(20)27(25)28(23)32/h6-7,12,14-15,17,19H,8-11,13H2,1-5H3. The molecule has 2 aliphatic carbocycles. The Labute approximate surface area is 196 Å². The number of benzene rings is 2. The molecule has 0 aromatic heterocycles. The number of fused-ring (bicyclic) bond motifs is 3. The van der Waals surface area contributed by atoms with Crippen molar-refractivity contribution in [3.63, 3.8) is 0 Å². The van der Waals surface area contributed by atoms with Crippen LogP contribution < -0.4 is 4.74 Å². The van der Waals surface area contributed by atoms with Gasteiger partial charge in [0.05, 0.1) is 18.7 Å². The maximum absolute atomic E-state index is 13.9. The van der Waals surface area contributed by atoms with E-state index >= 15 is 0 Å². The second kappa shape index (κ2) is 7.85. The van der Waals surface area contributed by atoms with Crippen molar-refractivity contribution in [2.24, 2.45) is 0 Å². The van der Waals surface area contributed by atoms with Gasteiger partial charge < -0.3 is 9.64 Å². The fourth-order valence-electron chi connectivity index (χ4n) is 6.11. The van der Waals surface area contributed by atoms with Gasteiger partial charge in [0.2, 0.25) is 0 Å². The highest BCUT2D eigenvalue weighted by Gasteiger charge is 2.43. The third-order valence-electron chi connectivity index (χ3n) is 8.14. The fourth-order valence-corrected chi connectivity index (χ4v) is 6.11. The molecule has 0 bridgehead atoms. The molecule has 2 aromatic rings. The first-order chi connectivity index (χ1) is 15.8. The Hall–Kier alpha value is -2.90. The number of methoxy groups -OCH3 is 1. The summed E-state index contributed by atoms with van der Waals surface area (Å²) in [6.07, 6.45) is 2.88. The van der Waals surface area contributed by atoms with Crippen LogP contribution in [0.4, 0.5) is 0 Å². The molecular weight excluding hydrogens is 408 g/mol. The number of likely N-dealkylation sites (tertiary alicyclic amines) is 1. The molecule has 0 radical (unpaired) electrons. The van der Waals surface area contributed by atoms with E-state index in [0.717, 1.165) is 71.5 Å². The van der Waals surface area contributed by atoms with Crippen molar-refractivity contribution in [3.8, 4) is 11.8 Å². The van der Waals surface area contributed by atoms with Crippen molar-refractivity contribution in [2.75, 3.05) is 20.2 Å². The Balaban J connectivity index is 1.58. The molecule has 5 rings (SSSR count). The highest BCUT2D eigenvalue weighted by atomic mass is 16.5. The van der Waals surface area contributed by atoms with Crippen molar-refractivity contribution in [1.82, 2.24) is 4.90 Å². The van der Waals surface area contributed by atoms with Gasteiger partial charge >= 0.3 is 0 Å². The average Bonchev–Trinajstić information content (AvgIpc) is 3.22. The third kappa shape index (κ3) is 3.33. The van der Waals surface area contributed by atoms with Crippen molar-refractivity contribution in [3.05, 3.63) is 69.3 Å². The Morgan fingerprint density at radius 3 is 2.48 bits per heavy atom. The van der Waals surface area contributed by atoms with Crippen LogP contribution in [0.3, 0.4) is 0 Å². The zero-order chi connectivity index (χ0) is 23.5. The molecule has 4 nitrogen and oxygen atoms in total. The quantitative estimate of drug-likeness (QED) is 0.620. The first kappa shape index (κ1) is 21.9. The number of hydrogen-bond donors (Lipinski definition) is 0. The summed E-state index contributed by atoms with van der Waals surface area (Å²) in [5, 5.41) is 9.34. The minimum Gasteiger partial charge on any atom is -0.496 e. The molecule has 1 fully saturated rings. The highest BCUT2D eigenvalue weighted by Crippen LogP contribution is 2.51. The molecular formula is C29H32N2O2. The van der Waals surface area contributed by atoms with E-state index in [2.05, 4.69) is 50.8 Å². The lowest BCUT2D eigenvalue weighted by Crippen LogP contribution is -2.38. The Bertz CT molecular complexity index is 1220. The molecule has 1 aliphatic heterocycles. The number of carbonyl (C=O) groups excluding carboxylic acids is 1. The monoisotopic (exact) mass is 440 g/mol. The predicted octanol–water partition coefficient (Wildman–Crippen LogP) is 5.64. The SMILES string of the molecule is COc1cc2c(cc1C1CCN(C(C)C)CC1)C(=O)C1=C(Cc3cc(C#N)ccc31)C2(C)C. The zero-order valence-electron chi connectivity index (χ0n) is 20.3. The normalized spacial score (nSPS) is 19.8. The van der Waals surface area contributed by atoms with Crippen LogP contribution in [-0.4, -0.2) is 36.9 Å². The van der Waals surface area contributed by atoms with Gasteiger partial charge in [-0.05, 0) is 104 Å². The highest BCUT2D eigenvalue weighted by molar-refractivity contribution is 6.33. The largest absolute Gasteiger partial charge is 0.496 e. The average molecular weight is 441 g/mol. The third-order valence-corrected chi connectivity index (χ3v) is 8.14. The van der Waals surface area contributed by atoms with E-state index in [-0.39, 0.29) is 11.2 Å². The molecule has 0 saturated carbocycles. The lowest BCUT2D eigenvalue weighted by molar-refractivity contribution is 0.105. The van der Waals surface area contributed by atoms with Crippen LogP contribution in [0.25, 0.3) is 5.57 Å². The van der Waals surface area contributed by atoms with E-state index in [4.69, 9.17) is 4.74 Å². The summed E-state index contributed by atoms with van der Waals surface area (Å²) in [5.41, 5.74) is 7.49. The molecule has 1 saturated heterocycles. The molecule has 0 spiro atoms. The molecule has 33 heavy (non-hydrogen) atoms. The number of hydrogen-bond acceptors (Lipinski definition) is 4. The predicted molar refractivity (Wildman–Crippen MR) is 131 cm³/mol. The first-order valence-corrected chi connectivity index (χ1v) is 12.0. The van der Waals surface area contributed by atoms with E-state index in [0.29, 0.717) is 17.5 Å². The number of nitriles is 1. The summed E-state index contributed by atoms with van der Waals surface area (Å²) >= 11 is 0. The smallest absolute Gasteiger partial charge is 0.193 e. The van der Waals surface area contributed by atoms with Crippen LogP contribution in [0.5, 0.6) is 5.75 Å². The Morgan fingerprint density at radius 2 is 1.85 bits per heavy atom. The summed E-state index contributed by atoms with van der Waals surface area (Å²) < 4.78 is 5.89. The number of ether oxygens (including phenoxy) is 1. The first-order valence-electron chi connectivity index (χ1n) is 12.0. The number of ketones is 1. The summed E-state index contributed by atoms with van der Waals surface area (Å²) in [7, 11) is 1.74. The van der Waals surface area contributed by atoms with Crippen LogP contribution in [0.1, 0.15) is 84.6 Å². The van der Waals surface area contributed by atoms with Crippen molar-refractivity contribution in [1.29, 1.82) is 5.26 Å². The van der Waals surface area contributed by atoms with Gasteiger partial charge in [-0.3, -0.25) is 4.79 Å². The van der Waals surface area contributed by atoms with Crippen molar-refractivity contribution < 1.29 is 9.53 Å². The van der Waals surface area contributed by atoms with Crippen LogP contribution in [0.2, 0.25) is 0 Å². The summed E-state index contributed by atoms with van der Waals surface area (Å²) in [4.78, 5) is 16.4. The molecule has 0 amide bonds. The maximum Gasteiger partial charge on any atom is 0.193 e. The van der Waals surface area contributed by atoms with Crippen LogP contribution in [-0.2, 0) is 11.8 Å². The van der Waals surface area contributed by atoms with Gasteiger partial charge in [0.15, 0.2) is 5.78 Å². The van der Waals surface area contributed by atoms with Gasteiger partial charge in [0, 0.05) is 22.6 Å². The summed E-state index contributed by atoms with van der Waals surface area (Å²) in [6, 6.07) is 12.8. The molecule has 0 unspecified atom stereocenters. The molecule has 1 heterocycles. The molecule has 2 aromatic carbocycles. The van der Waals surface area contributed by atoms with Gasteiger partial charge in [0.1, 0.15) is 5.75 Å². The number of rotatable bonds is 3. The van der Waals surface area contributed by atoms with E-state index < -0.39 is 0 Å². The van der Waals surface area contributed by atoms with Crippen molar-refractivity contribution in [2.45, 2.75) is 64.3 Å². The second-order valence-electron chi connectivity index (χ2n) is 10.5. The van der Waals surface area contributed by atoms with Crippen LogP contribution in [0.15, 0.2) is 35.9 Å². The molecule has 3 aliphatic rings. The van der Waals surface area contributed by atoms with E-state index in [1.165, 1.54) is 5.56 Å². The number of nitrogens with zero attached hydrogens (tertiary/aromatic N) is 2. The summed E-state index contributed by atoms with van der Waals surface area (Å²) in [5.74, 6) is 1.43. The minimum atomic E-state index is -0.281. The van der Waals surface area contributed by atoms with Crippen LogP contribution >= 0.6 is 0 Å². The maximum atomic E-state index is 13.9. The van der Waals surface area contributed by atoms with Crippen molar-refractivity contribution >= 4 is 11.4 Å². The summed E-state index contributed by atoms with van der Waals surface area (Å²) in [6.45, 7) is 11.1. The number of piperidine rings is 1. The topological polar surface area (TPSA) is 53.3 Å². The number of allylic oxidation sites excluding steroid dienone is 2. The lowest BCUT2D eigenvalue weighted by atomic mass is 9.67.